The molecule has 6 nitrogen and oxygen atoms in total. The molecule has 33 heavy (non-hydrogen) atoms. The number of amides is 3. The van der Waals surface area contributed by atoms with Gasteiger partial charge in [0.1, 0.15) is 10.7 Å². The Morgan fingerprint density at radius 1 is 0.879 bits per heavy atom. The van der Waals surface area contributed by atoms with Crippen LogP contribution in [0, 0.1) is 13.8 Å². The molecule has 166 valence electrons. The predicted molar refractivity (Wildman–Crippen MR) is 131 cm³/mol. The van der Waals surface area contributed by atoms with E-state index < -0.39 is 11.8 Å². The molecular formula is C25H19Cl2N3O3. The molecule has 0 fully saturated rings. The van der Waals surface area contributed by atoms with Gasteiger partial charge in [-0.05, 0) is 67.9 Å². The van der Waals surface area contributed by atoms with Crippen LogP contribution in [-0.4, -0.2) is 17.7 Å². The molecule has 0 aromatic heterocycles. The summed E-state index contributed by atoms with van der Waals surface area (Å²) in [4.78, 5) is 39.3. The fourth-order valence-corrected chi connectivity index (χ4v) is 3.81. The Morgan fingerprint density at radius 2 is 1.61 bits per heavy atom. The van der Waals surface area contributed by atoms with Crippen molar-refractivity contribution in [2.45, 2.75) is 13.8 Å². The monoisotopic (exact) mass is 479 g/mol. The lowest BCUT2D eigenvalue weighted by Crippen LogP contribution is -2.32. The minimum atomic E-state index is -0.643. The maximum absolute atomic E-state index is 12.9. The first-order chi connectivity index (χ1) is 15.7. The molecule has 0 spiro atoms. The fourth-order valence-electron chi connectivity index (χ4n) is 3.47. The van der Waals surface area contributed by atoms with Gasteiger partial charge in [0.15, 0.2) is 0 Å². The molecule has 8 heteroatoms. The summed E-state index contributed by atoms with van der Waals surface area (Å²) in [5, 5.41) is 6.02. The molecule has 1 heterocycles. The number of anilines is 3. The van der Waals surface area contributed by atoms with Crippen LogP contribution in [0.25, 0.3) is 0 Å². The van der Waals surface area contributed by atoms with Crippen molar-refractivity contribution < 1.29 is 14.4 Å². The number of aryl methyl sites for hydroxylation is 2. The van der Waals surface area contributed by atoms with E-state index in [1.165, 1.54) is 0 Å². The van der Waals surface area contributed by atoms with E-state index in [2.05, 4.69) is 10.6 Å². The van der Waals surface area contributed by atoms with Gasteiger partial charge in [0.2, 0.25) is 0 Å². The summed E-state index contributed by atoms with van der Waals surface area (Å²) in [6, 6.07) is 18.6. The van der Waals surface area contributed by atoms with Crippen molar-refractivity contribution in [2.24, 2.45) is 0 Å². The van der Waals surface area contributed by atoms with Gasteiger partial charge < -0.3 is 10.6 Å². The molecule has 0 bridgehead atoms. The van der Waals surface area contributed by atoms with Gasteiger partial charge in [0, 0.05) is 22.0 Å². The first-order valence-corrected chi connectivity index (χ1v) is 10.8. The van der Waals surface area contributed by atoms with E-state index in [-0.39, 0.29) is 16.6 Å². The number of carbonyl (C=O) groups is 3. The molecule has 0 aliphatic carbocycles. The lowest BCUT2D eigenvalue weighted by molar-refractivity contribution is -0.120. The third-order valence-corrected chi connectivity index (χ3v) is 5.74. The lowest BCUT2D eigenvalue weighted by atomic mass is 10.1. The third kappa shape index (κ3) is 4.62. The summed E-state index contributed by atoms with van der Waals surface area (Å²) in [5.74, 6) is -1.55. The molecule has 2 N–H and O–H groups in total. The second kappa shape index (κ2) is 9.10. The Bertz CT molecular complexity index is 1320. The highest BCUT2D eigenvalue weighted by Crippen LogP contribution is 2.31. The van der Waals surface area contributed by atoms with Crippen LogP contribution in [0.3, 0.4) is 0 Å². The van der Waals surface area contributed by atoms with E-state index in [0.29, 0.717) is 27.6 Å². The molecule has 0 unspecified atom stereocenters. The molecule has 3 amide bonds. The van der Waals surface area contributed by atoms with Crippen molar-refractivity contribution in [2.75, 3.05) is 15.5 Å². The Morgan fingerprint density at radius 3 is 2.30 bits per heavy atom. The molecule has 3 aromatic rings. The van der Waals surface area contributed by atoms with E-state index >= 15 is 0 Å². The number of imide groups is 1. The van der Waals surface area contributed by atoms with E-state index in [1.54, 1.807) is 48.5 Å². The van der Waals surface area contributed by atoms with Gasteiger partial charge in [-0.1, -0.05) is 47.0 Å². The van der Waals surface area contributed by atoms with Crippen LogP contribution in [0.1, 0.15) is 21.5 Å². The second-order valence-electron chi connectivity index (χ2n) is 7.59. The van der Waals surface area contributed by atoms with Crippen LogP contribution >= 0.6 is 23.2 Å². The van der Waals surface area contributed by atoms with Crippen LogP contribution in [0.2, 0.25) is 5.02 Å². The van der Waals surface area contributed by atoms with E-state index in [9.17, 15) is 14.4 Å². The Balaban J connectivity index is 1.54. The lowest BCUT2D eigenvalue weighted by Gasteiger charge is -2.15. The van der Waals surface area contributed by atoms with Gasteiger partial charge >= 0.3 is 0 Å². The van der Waals surface area contributed by atoms with Gasteiger partial charge in [0.05, 0.1) is 5.69 Å². The van der Waals surface area contributed by atoms with Crippen molar-refractivity contribution in [1.29, 1.82) is 0 Å². The Kier molecular flexibility index (Phi) is 6.22. The van der Waals surface area contributed by atoms with Crippen LogP contribution < -0.4 is 15.5 Å². The molecule has 0 atom stereocenters. The van der Waals surface area contributed by atoms with Crippen molar-refractivity contribution in [3.63, 3.8) is 0 Å². The van der Waals surface area contributed by atoms with Crippen LogP contribution in [0.15, 0.2) is 77.5 Å². The molecule has 4 rings (SSSR count). The number of rotatable bonds is 5. The highest BCUT2D eigenvalue weighted by atomic mass is 35.5. The van der Waals surface area contributed by atoms with Crippen molar-refractivity contribution >= 4 is 58.0 Å². The van der Waals surface area contributed by atoms with E-state index in [0.717, 1.165) is 16.0 Å². The number of halogens is 2. The Hall–Kier alpha value is -3.61. The molecule has 0 saturated carbocycles. The molecular weight excluding hydrogens is 461 g/mol. The number of hydrogen-bond acceptors (Lipinski definition) is 4. The van der Waals surface area contributed by atoms with Gasteiger partial charge in [-0.3, -0.25) is 14.4 Å². The zero-order valence-electron chi connectivity index (χ0n) is 17.8. The highest BCUT2D eigenvalue weighted by molar-refractivity contribution is 6.53. The number of hydrogen-bond donors (Lipinski definition) is 2. The number of carbonyl (C=O) groups excluding carboxylic acids is 3. The van der Waals surface area contributed by atoms with Crippen LogP contribution in [0.5, 0.6) is 0 Å². The standard InChI is InChI=1S/C25H19Cl2N3O3/c1-14-6-11-20(15(2)12-14)29-23(31)16-4-3-5-18(13-16)28-22-21(27)24(32)30(25(22)33)19-9-7-17(26)8-10-19/h3-13,28H,1-2H3,(H,29,31). The van der Waals surface area contributed by atoms with Gasteiger partial charge in [0.25, 0.3) is 17.7 Å². The van der Waals surface area contributed by atoms with Crippen molar-refractivity contribution in [1.82, 2.24) is 0 Å². The Labute approximate surface area is 200 Å². The smallest absolute Gasteiger partial charge is 0.283 e. The van der Waals surface area contributed by atoms with Crippen molar-refractivity contribution in [3.05, 3.63) is 99.2 Å². The number of nitrogens with zero attached hydrogens (tertiary/aromatic N) is 1. The van der Waals surface area contributed by atoms with E-state index in [1.807, 2.05) is 32.0 Å². The summed E-state index contributed by atoms with van der Waals surface area (Å²) in [6.45, 7) is 3.90. The van der Waals surface area contributed by atoms with Crippen LogP contribution in [-0.2, 0) is 9.59 Å². The maximum Gasteiger partial charge on any atom is 0.283 e. The summed E-state index contributed by atoms with van der Waals surface area (Å²) < 4.78 is 0. The van der Waals surface area contributed by atoms with Crippen LogP contribution in [0.4, 0.5) is 17.1 Å². The van der Waals surface area contributed by atoms with Crippen molar-refractivity contribution in [3.8, 4) is 0 Å². The van der Waals surface area contributed by atoms with Gasteiger partial charge in [-0.25, -0.2) is 4.90 Å². The maximum atomic E-state index is 12.9. The zero-order valence-corrected chi connectivity index (χ0v) is 19.3. The molecule has 0 radical (unpaired) electrons. The molecule has 1 aliphatic rings. The predicted octanol–water partition coefficient (Wildman–Crippen LogP) is 5.64. The number of benzene rings is 3. The first kappa shape index (κ1) is 22.6. The zero-order chi connectivity index (χ0) is 23.7. The fraction of sp³-hybridized carbons (Fsp3) is 0.0800. The quantitative estimate of drug-likeness (QED) is 0.463. The average molecular weight is 480 g/mol. The summed E-state index contributed by atoms with van der Waals surface area (Å²) in [7, 11) is 0. The summed E-state index contributed by atoms with van der Waals surface area (Å²) >= 11 is 12.1. The minimum Gasteiger partial charge on any atom is -0.350 e. The topological polar surface area (TPSA) is 78.5 Å². The van der Waals surface area contributed by atoms with Gasteiger partial charge in [-0.2, -0.15) is 0 Å². The SMILES string of the molecule is Cc1ccc(NC(=O)c2cccc(NC3=C(Cl)C(=O)N(c4ccc(Cl)cc4)C3=O)c2)c(C)c1. The largest absolute Gasteiger partial charge is 0.350 e. The molecule has 1 aliphatic heterocycles. The van der Waals surface area contributed by atoms with Gasteiger partial charge in [-0.15, -0.1) is 0 Å². The average Bonchev–Trinajstić information content (AvgIpc) is 3.00. The third-order valence-electron chi connectivity index (χ3n) is 5.14. The molecule has 0 saturated heterocycles. The summed E-state index contributed by atoms with van der Waals surface area (Å²) in [6.07, 6.45) is 0. The highest BCUT2D eigenvalue weighted by Gasteiger charge is 2.39. The number of nitrogens with one attached hydrogen (secondary N) is 2. The minimum absolute atomic E-state index is 0.0662. The van der Waals surface area contributed by atoms with E-state index in [4.69, 9.17) is 23.2 Å². The first-order valence-electron chi connectivity index (χ1n) is 10.0. The second-order valence-corrected chi connectivity index (χ2v) is 8.40. The normalized spacial score (nSPS) is 13.5. The molecule has 3 aromatic carbocycles. The summed E-state index contributed by atoms with van der Waals surface area (Å²) in [5.41, 5.74) is 3.87.